The minimum absolute atomic E-state index is 0.105. The molecule has 0 saturated heterocycles. The van der Waals surface area contributed by atoms with Crippen LogP contribution in [0.15, 0.2) is 18.2 Å². The zero-order valence-corrected chi connectivity index (χ0v) is 15.2. The van der Waals surface area contributed by atoms with Crippen LogP contribution in [0.1, 0.15) is 33.6 Å². The second-order valence-electron chi connectivity index (χ2n) is 7.33. The summed E-state index contributed by atoms with van der Waals surface area (Å²) in [6.45, 7) is 5.60. The molecule has 0 bridgehead atoms. The van der Waals surface area contributed by atoms with Gasteiger partial charge in [0, 0.05) is 17.8 Å². The number of carbonyl (C=O) groups excluding carboxylic acids is 2. The maximum absolute atomic E-state index is 12.2. The third-order valence-corrected chi connectivity index (χ3v) is 3.95. The van der Waals surface area contributed by atoms with Gasteiger partial charge in [0.2, 0.25) is 5.91 Å². The van der Waals surface area contributed by atoms with E-state index in [1.807, 2.05) is 20.8 Å². The Morgan fingerprint density at radius 2 is 1.96 bits per heavy atom. The van der Waals surface area contributed by atoms with Crippen LogP contribution in [0.4, 0.5) is 5.69 Å². The summed E-state index contributed by atoms with van der Waals surface area (Å²) < 4.78 is 10.8. The molecule has 0 heterocycles. The molecule has 0 unspecified atom stereocenters. The molecule has 1 fully saturated rings. The van der Waals surface area contributed by atoms with Crippen LogP contribution in [0.25, 0.3) is 0 Å². The van der Waals surface area contributed by atoms with Crippen LogP contribution in [0.5, 0.6) is 11.5 Å². The summed E-state index contributed by atoms with van der Waals surface area (Å²) in [6, 6.07) is 4.62. The number of nitrogens with one attached hydrogen (secondary N) is 2. The Hall–Kier alpha value is -2.28. The van der Waals surface area contributed by atoms with Crippen molar-refractivity contribution in [3.63, 3.8) is 0 Å². The summed E-state index contributed by atoms with van der Waals surface area (Å²) >= 11 is 0. The normalized spacial score (nSPS) is 15.2. The molecule has 1 aromatic rings. The average Bonchev–Trinajstić information content (AvgIpc) is 3.35. The second-order valence-corrected chi connectivity index (χ2v) is 7.33. The van der Waals surface area contributed by atoms with E-state index in [0.29, 0.717) is 17.2 Å². The quantitative estimate of drug-likeness (QED) is 0.695. The Morgan fingerprint density at radius 1 is 1.28 bits per heavy atom. The Morgan fingerprint density at radius 3 is 2.52 bits per heavy atom. The van der Waals surface area contributed by atoms with Gasteiger partial charge >= 0.3 is 0 Å². The zero-order valence-electron chi connectivity index (χ0n) is 15.2. The van der Waals surface area contributed by atoms with Crippen molar-refractivity contribution in [2.24, 2.45) is 11.1 Å². The van der Waals surface area contributed by atoms with Gasteiger partial charge in [0.1, 0.15) is 0 Å². The van der Waals surface area contributed by atoms with Gasteiger partial charge in [-0.1, -0.05) is 20.8 Å². The monoisotopic (exact) mass is 349 g/mol. The van der Waals surface area contributed by atoms with Crippen LogP contribution in [0.2, 0.25) is 0 Å². The number of nitrogens with two attached hydrogens (primary N) is 1. The highest BCUT2D eigenvalue weighted by Gasteiger charge is 2.27. The minimum Gasteiger partial charge on any atom is -0.493 e. The maximum atomic E-state index is 12.2. The molecule has 138 valence electrons. The fourth-order valence-corrected chi connectivity index (χ4v) is 2.12. The molecular formula is C18H27N3O4. The second kappa shape index (κ2) is 7.74. The molecule has 7 heteroatoms. The highest BCUT2D eigenvalue weighted by molar-refractivity contribution is 5.95. The molecule has 7 nitrogen and oxygen atoms in total. The molecule has 1 saturated carbocycles. The fraction of sp³-hybridized carbons (Fsp3) is 0.556. The molecule has 0 aromatic heterocycles. The van der Waals surface area contributed by atoms with Gasteiger partial charge in [-0.15, -0.1) is 0 Å². The summed E-state index contributed by atoms with van der Waals surface area (Å²) in [7, 11) is 1.51. The Bertz CT molecular complexity index is 636. The van der Waals surface area contributed by atoms with E-state index in [-0.39, 0.29) is 29.9 Å². The number of anilines is 1. The summed E-state index contributed by atoms with van der Waals surface area (Å²) in [6.07, 6.45) is 2.04. The first kappa shape index (κ1) is 19.1. The molecule has 0 spiro atoms. The molecule has 25 heavy (non-hydrogen) atoms. The number of carbonyl (C=O) groups is 2. The van der Waals surface area contributed by atoms with E-state index in [2.05, 4.69) is 10.6 Å². The predicted octanol–water partition coefficient (Wildman–Crippen LogP) is 1.66. The van der Waals surface area contributed by atoms with Crippen LogP contribution in [0, 0.1) is 5.41 Å². The first-order valence-electron chi connectivity index (χ1n) is 8.37. The molecule has 1 aromatic carbocycles. The van der Waals surface area contributed by atoms with Crippen molar-refractivity contribution in [3.05, 3.63) is 18.2 Å². The minimum atomic E-state index is -0.650. The first-order chi connectivity index (χ1) is 11.7. The molecule has 0 radical (unpaired) electrons. The molecular weight excluding hydrogens is 322 g/mol. The van der Waals surface area contributed by atoms with Gasteiger partial charge in [-0.05, 0) is 30.4 Å². The zero-order chi connectivity index (χ0) is 18.6. The van der Waals surface area contributed by atoms with E-state index >= 15 is 0 Å². The highest BCUT2D eigenvalue weighted by Crippen LogP contribution is 2.30. The molecule has 4 N–H and O–H groups in total. The van der Waals surface area contributed by atoms with Crippen molar-refractivity contribution in [1.29, 1.82) is 0 Å². The fourth-order valence-electron chi connectivity index (χ4n) is 2.12. The van der Waals surface area contributed by atoms with Gasteiger partial charge in [0.25, 0.3) is 5.91 Å². The molecule has 1 atom stereocenters. The number of benzene rings is 1. The summed E-state index contributed by atoms with van der Waals surface area (Å²) in [4.78, 5) is 24.0. The Kier molecular flexibility index (Phi) is 5.89. The third-order valence-electron chi connectivity index (χ3n) is 3.95. The van der Waals surface area contributed by atoms with Crippen molar-refractivity contribution in [3.8, 4) is 11.5 Å². The molecule has 1 aliphatic carbocycles. The topological polar surface area (TPSA) is 103 Å². The standard InChI is InChI=1S/C18H27N3O4/c1-18(2,3)16(19)17(23)21-12-7-8-13(24-4)14(9-12)25-10-15(22)20-11-5-6-11/h7-9,11,16H,5-6,10,19H2,1-4H3,(H,20,22)(H,21,23)/t16-/m1/s1. The van der Waals surface area contributed by atoms with Gasteiger partial charge < -0.3 is 25.8 Å². The predicted molar refractivity (Wildman–Crippen MR) is 95.7 cm³/mol. The molecule has 2 amide bonds. The maximum Gasteiger partial charge on any atom is 0.258 e. The summed E-state index contributed by atoms with van der Waals surface area (Å²) in [5, 5.41) is 5.62. The van der Waals surface area contributed by atoms with Crippen molar-refractivity contribution in [1.82, 2.24) is 5.32 Å². The number of amides is 2. The smallest absolute Gasteiger partial charge is 0.258 e. The third kappa shape index (κ3) is 5.63. The summed E-state index contributed by atoms with van der Waals surface area (Å²) in [5.41, 5.74) is 6.15. The number of hydrogen-bond acceptors (Lipinski definition) is 5. The lowest BCUT2D eigenvalue weighted by Crippen LogP contribution is -2.45. The van der Waals surface area contributed by atoms with Crippen molar-refractivity contribution in [2.75, 3.05) is 19.0 Å². The van der Waals surface area contributed by atoms with E-state index in [1.165, 1.54) is 7.11 Å². The lowest BCUT2D eigenvalue weighted by molar-refractivity contribution is -0.123. The van der Waals surface area contributed by atoms with Gasteiger partial charge in [0.05, 0.1) is 13.2 Å². The van der Waals surface area contributed by atoms with Gasteiger partial charge in [-0.2, -0.15) is 0 Å². The number of rotatable bonds is 7. The number of methoxy groups -OCH3 is 1. The molecule has 0 aliphatic heterocycles. The van der Waals surface area contributed by atoms with E-state index in [4.69, 9.17) is 15.2 Å². The van der Waals surface area contributed by atoms with Gasteiger partial charge in [-0.3, -0.25) is 9.59 Å². The molecule has 2 rings (SSSR count). The van der Waals surface area contributed by atoms with Crippen LogP contribution >= 0.6 is 0 Å². The Balaban J connectivity index is 2.02. The van der Waals surface area contributed by atoms with Crippen LogP contribution < -0.4 is 25.8 Å². The summed E-state index contributed by atoms with van der Waals surface area (Å²) in [5.74, 6) is 0.414. The van der Waals surface area contributed by atoms with Crippen molar-refractivity contribution >= 4 is 17.5 Å². The largest absolute Gasteiger partial charge is 0.493 e. The number of ether oxygens (including phenoxy) is 2. The molecule has 1 aliphatic rings. The Labute approximate surface area is 148 Å². The van der Waals surface area contributed by atoms with E-state index < -0.39 is 6.04 Å². The SMILES string of the molecule is COc1ccc(NC(=O)[C@@H](N)C(C)(C)C)cc1OCC(=O)NC1CC1. The lowest BCUT2D eigenvalue weighted by Gasteiger charge is -2.26. The first-order valence-corrected chi connectivity index (χ1v) is 8.37. The van der Waals surface area contributed by atoms with E-state index in [1.54, 1.807) is 18.2 Å². The number of hydrogen-bond donors (Lipinski definition) is 3. The highest BCUT2D eigenvalue weighted by atomic mass is 16.5. The van der Waals surface area contributed by atoms with Crippen molar-refractivity contribution in [2.45, 2.75) is 45.7 Å². The van der Waals surface area contributed by atoms with E-state index in [9.17, 15) is 9.59 Å². The van der Waals surface area contributed by atoms with Crippen LogP contribution in [-0.4, -0.2) is 37.6 Å². The van der Waals surface area contributed by atoms with Crippen molar-refractivity contribution < 1.29 is 19.1 Å². The average molecular weight is 349 g/mol. The van der Waals surface area contributed by atoms with Crippen LogP contribution in [0.3, 0.4) is 0 Å². The van der Waals surface area contributed by atoms with E-state index in [0.717, 1.165) is 12.8 Å². The van der Waals surface area contributed by atoms with Gasteiger partial charge in [0.15, 0.2) is 18.1 Å². The van der Waals surface area contributed by atoms with Gasteiger partial charge in [-0.25, -0.2) is 0 Å². The lowest BCUT2D eigenvalue weighted by atomic mass is 9.87. The van der Waals surface area contributed by atoms with Crippen LogP contribution in [-0.2, 0) is 9.59 Å².